The van der Waals surface area contributed by atoms with E-state index in [9.17, 15) is 9.59 Å². The van der Waals surface area contributed by atoms with Crippen LogP contribution in [-0.2, 0) is 19.1 Å². The van der Waals surface area contributed by atoms with Crippen molar-refractivity contribution in [3.05, 3.63) is 0 Å². The fourth-order valence-corrected chi connectivity index (χ4v) is 2.57. The van der Waals surface area contributed by atoms with Gasteiger partial charge < -0.3 is 14.8 Å². The molecule has 1 saturated heterocycles. The van der Waals surface area contributed by atoms with Gasteiger partial charge in [0, 0.05) is 10.5 Å². The lowest BCUT2D eigenvalue weighted by molar-refractivity contribution is -0.163. The van der Waals surface area contributed by atoms with Crippen LogP contribution in [0.5, 0.6) is 0 Å². The first-order valence-electron chi connectivity index (χ1n) is 5.91. The minimum Gasteiger partial charge on any atom is -0.468 e. The molecule has 5 nitrogen and oxygen atoms in total. The predicted molar refractivity (Wildman–Crippen MR) is 75.6 cm³/mol. The van der Waals surface area contributed by atoms with Crippen molar-refractivity contribution in [3.8, 4) is 0 Å². The molecule has 1 aliphatic rings. The largest absolute Gasteiger partial charge is 0.468 e. The minimum absolute atomic E-state index is 0.146. The van der Waals surface area contributed by atoms with Gasteiger partial charge in [0.25, 0.3) is 0 Å². The molecule has 0 bridgehead atoms. The topological polar surface area (TPSA) is 64.6 Å². The van der Waals surface area contributed by atoms with Crippen LogP contribution in [0.2, 0.25) is 0 Å². The van der Waals surface area contributed by atoms with Crippen LogP contribution in [0.3, 0.4) is 0 Å². The summed E-state index contributed by atoms with van der Waals surface area (Å²) >= 11 is 2.23. The lowest BCUT2D eigenvalue weighted by atomic mass is 9.99. The van der Waals surface area contributed by atoms with Crippen molar-refractivity contribution in [3.63, 3.8) is 0 Å². The molecule has 1 heterocycles. The van der Waals surface area contributed by atoms with Crippen LogP contribution >= 0.6 is 22.6 Å². The molecule has 0 spiro atoms. The molecule has 1 unspecified atom stereocenters. The van der Waals surface area contributed by atoms with E-state index in [0.717, 1.165) is 4.43 Å². The first kappa shape index (κ1) is 15.7. The van der Waals surface area contributed by atoms with Crippen LogP contribution < -0.4 is 5.32 Å². The first-order chi connectivity index (χ1) is 8.28. The van der Waals surface area contributed by atoms with E-state index in [1.54, 1.807) is 0 Å². The van der Waals surface area contributed by atoms with Crippen molar-refractivity contribution in [2.24, 2.45) is 5.92 Å². The molecular formula is C12H20INO4. The third-order valence-corrected chi connectivity index (χ3v) is 3.77. The fraction of sp³-hybridized carbons (Fsp3) is 0.833. The van der Waals surface area contributed by atoms with E-state index in [4.69, 9.17) is 9.47 Å². The summed E-state index contributed by atoms with van der Waals surface area (Å²) in [5, 5.41) is 3.13. The van der Waals surface area contributed by atoms with Crippen molar-refractivity contribution in [1.82, 2.24) is 5.32 Å². The molecule has 0 radical (unpaired) electrons. The van der Waals surface area contributed by atoms with Crippen molar-refractivity contribution in [1.29, 1.82) is 0 Å². The average Bonchev–Trinajstić information content (AvgIpc) is 2.69. The summed E-state index contributed by atoms with van der Waals surface area (Å²) in [6.07, 6.45) is 0.609. The van der Waals surface area contributed by atoms with Gasteiger partial charge in [-0.25, -0.2) is 0 Å². The molecule has 18 heavy (non-hydrogen) atoms. The van der Waals surface area contributed by atoms with Gasteiger partial charge in [-0.3, -0.25) is 9.59 Å². The number of hydrogen-bond acceptors (Lipinski definition) is 5. The van der Waals surface area contributed by atoms with Gasteiger partial charge in [0.1, 0.15) is 11.6 Å². The fourth-order valence-electron chi connectivity index (χ4n) is 1.96. The maximum Gasteiger partial charge on any atom is 0.323 e. The number of rotatable bonds is 3. The Morgan fingerprint density at radius 2 is 1.94 bits per heavy atom. The zero-order chi connectivity index (χ0) is 13.9. The summed E-state index contributed by atoms with van der Waals surface area (Å²) in [4.78, 5) is 23.7. The molecule has 1 rings (SSSR count). The molecule has 0 aromatic rings. The van der Waals surface area contributed by atoms with E-state index in [1.165, 1.54) is 7.11 Å². The smallest absolute Gasteiger partial charge is 0.323 e. The predicted octanol–water partition coefficient (Wildman–Crippen LogP) is 1.28. The van der Waals surface area contributed by atoms with Crippen molar-refractivity contribution >= 4 is 34.5 Å². The lowest BCUT2D eigenvalue weighted by Crippen LogP contribution is -2.43. The van der Waals surface area contributed by atoms with Gasteiger partial charge >= 0.3 is 11.9 Å². The van der Waals surface area contributed by atoms with Gasteiger partial charge in [0.15, 0.2) is 0 Å². The molecule has 0 saturated carbocycles. The highest BCUT2D eigenvalue weighted by molar-refractivity contribution is 14.1. The second kappa shape index (κ2) is 6.18. The Hall–Kier alpha value is -0.370. The van der Waals surface area contributed by atoms with Crippen LogP contribution in [0.25, 0.3) is 0 Å². The van der Waals surface area contributed by atoms with Gasteiger partial charge in [-0.05, 0) is 27.2 Å². The molecule has 0 amide bonds. The third kappa shape index (κ3) is 4.08. The van der Waals surface area contributed by atoms with E-state index in [0.29, 0.717) is 6.42 Å². The average molecular weight is 369 g/mol. The molecular weight excluding hydrogens is 349 g/mol. The quantitative estimate of drug-likeness (QED) is 0.461. The maximum atomic E-state index is 12.1. The number of carbonyl (C=O) groups is 2. The van der Waals surface area contributed by atoms with E-state index >= 15 is 0 Å². The highest BCUT2D eigenvalue weighted by Crippen LogP contribution is 2.26. The number of esters is 2. The Labute approximate surface area is 121 Å². The number of carbonyl (C=O) groups excluding carboxylic acids is 2. The molecule has 1 N–H and O–H groups in total. The van der Waals surface area contributed by atoms with Crippen molar-refractivity contribution in [2.75, 3.05) is 11.5 Å². The molecule has 104 valence electrons. The highest BCUT2D eigenvalue weighted by atomic mass is 127. The van der Waals surface area contributed by atoms with E-state index in [-0.39, 0.29) is 12.0 Å². The lowest BCUT2D eigenvalue weighted by Gasteiger charge is -2.23. The Balaban J connectivity index is 2.77. The standard InChI is InChI=1S/C12H20INO4/c1-12(2,3)18-10(15)8-5-7(6-13)14-9(8)11(16)17-4/h7-9,14H,5-6H2,1-4H3/t7?,8-,9-/m0/s1. The zero-order valence-electron chi connectivity index (χ0n) is 11.2. The van der Waals surface area contributed by atoms with E-state index < -0.39 is 23.5 Å². The molecule has 6 heteroatoms. The van der Waals surface area contributed by atoms with Crippen LogP contribution in [-0.4, -0.2) is 41.2 Å². The monoisotopic (exact) mass is 369 g/mol. The van der Waals surface area contributed by atoms with Gasteiger partial charge in [0.2, 0.25) is 0 Å². The third-order valence-electron chi connectivity index (χ3n) is 2.71. The number of hydrogen-bond donors (Lipinski definition) is 1. The SMILES string of the molecule is COC(=O)[C@H]1NC(CI)C[C@@H]1C(=O)OC(C)(C)C. The molecule has 1 aliphatic heterocycles. The van der Waals surface area contributed by atoms with Gasteiger partial charge in [-0.1, -0.05) is 22.6 Å². The van der Waals surface area contributed by atoms with Crippen LogP contribution in [0.1, 0.15) is 27.2 Å². The Morgan fingerprint density at radius 1 is 1.33 bits per heavy atom. The molecule has 0 aromatic heterocycles. The Kier molecular flexibility index (Phi) is 5.39. The zero-order valence-corrected chi connectivity index (χ0v) is 13.3. The van der Waals surface area contributed by atoms with Crippen LogP contribution in [0, 0.1) is 5.92 Å². The van der Waals surface area contributed by atoms with Crippen LogP contribution in [0.4, 0.5) is 0 Å². The Morgan fingerprint density at radius 3 is 2.39 bits per heavy atom. The summed E-state index contributed by atoms with van der Waals surface area (Å²) in [7, 11) is 1.33. The number of alkyl halides is 1. The summed E-state index contributed by atoms with van der Waals surface area (Å²) in [5.41, 5.74) is -0.542. The highest BCUT2D eigenvalue weighted by Gasteiger charge is 2.44. The van der Waals surface area contributed by atoms with Gasteiger partial charge in [0.05, 0.1) is 13.0 Å². The van der Waals surface area contributed by atoms with Crippen LogP contribution in [0.15, 0.2) is 0 Å². The number of halogens is 1. The normalized spacial score (nSPS) is 27.9. The number of ether oxygens (including phenoxy) is 2. The Bertz CT molecular complexity index is 327. The van der Waals surface area contributed by atoms with E-state index in [2.05, 4.69) is 27.9 Å². The molecule has 0 aromatic carbocycles. The molecule has 0 aliphatic carbocycles. The molecule has 1 fully saturated rings. The number of methoxy groups -OCH3 is 1. The second-order valence-electron chi connectivity index (χ2n) is 5.39. The summed E-state index contributed by atoms with van der Waals surface area (Å²) in [6.45, 7) is 5.45. The first-order valence-corrected chi connectivity index (χ1v) is 7.43. The van der Waals surface area contributed by atoms with Crippen molar-refractivity contribution < 1.29 is 19.1 Å². The van der Waals surface area contributed by atoms with E-state index in [1.807, 2.05) is 20.8 Å². The molecule has 3 atom stereocenters. The van der Waals surface area contributed by atoms with Gasteiger partial charge in [-0.15, -0.1) is 0 Å². The summed E-state index contributed by atoms with van der Waals surface area (Å²) in [6, 6.07) is -0.447. The minimum atomic E-state index is -0.593. The summed E-state index contributed by atoms with van der Waals surface area (Å²) < 4.78 is 10.9. The van der Waals surface area contributed by atoms with Gasteiger partial charge in [-0.2, -0.15) is 0 Å². The summed E-state index contributed by atoms with van der Waals surface area (Å²) in [5.74, 6) is -1.20. The van der Waals surface area contributed by atoms with Crippen molar-refractivity contribution in [2.45, 2.75) is 44.9 Å². The number of nitrogens with one attached hydrogen (secondary N) is 1. The second-order valence-corrected chi connectivity index (χ2v) is 6.28. The maximum absolute atomic E-state index is 12.1.